The summed E-state index contributed by atoms with van der Waals surface area (Å²) in [6.07, 6.45) is 3.98. The van der Waals surface area contributed by atoms with Gasteiger partial charge in [-0.25, -0.2) is 9.97 Å². The molecule has 3 aromatic carbocycles. The van der Waals surface area contributed by atoms with E-state index < -0.39 is 0 Å². The zero-order valence-electron chi connectivity index (χ0n) is 18.7. The van der Waals surface area contributed by atoms with Crippen LogP contribution in [0.5, 0.6) is 17.2 Å². The maximum atomic E-state index is 12.7. The lowest BCUT2D eigenvalue weighted by Gasteiger charge is -2.15. The zero-order chi connectivity index (χ0) is 23.8. The Balaban J connectivity index is 1.42. The summed E-state index contributed by atoms with van der Waals surface area (Å²) < 4.78 is 12.1. The van der Waals surface area contributed by atoms with Crippen LogP contribution in [0.2, 0.25) is 0 Å². The van der Waals surface area contributed by atoms with Crippen LogP contribution in [0.15, 0.2) is 72.9 Å². The molecule has 1 saturated carbocycles. The van der Waals surface area contributed by atoms with Gasteiger partial charge in [0.05, 0.1) is 11.8 Å². The first kappa shape index (κ1) is 21.0. The van der Waals surface area contributed by atoms with Crippen molar-refractivity contribution >= 4 is 23.2 Å². The third-order valence-corrected chi connectivity index (χ3v) is 5.83. The van der Waals surface area contributed by atoms with E-state index >= 15 is 0 Å². The number of carbonyl (C=O) groups is 1. The second-order valence-corrected chi connectivity index (χ2v) is 8.53. The molecule has 35 heavy (non-hydrogen) atoms. The Morgan fingerprint density at radius 3 is 2.57 bits per heavy atom. The number of hydrogen-bond donors (Lipinski definition) is 3. The highest BCUT2D eigenvalue weighted by Gasteiger charge is 2.25. The summed E-state index contributed by atoms with van der Waals surface area (Å²) in [7, 11) is 0. The van der Waals surface area contributed by atoms with Gasteiger partial charge in [0.15, 0.2) is 0 Å². The zero-order valence-corrected chi connectivity index (χ0v) is 18.7. The molecule has 0 atom stereocenters. The highest BCUT2D eigenvalue weighted by Crippen LogP contribution is 2.33. The number of ether oxygens (including phenoxy) is 2. The molecule has 8 heteroatoms. The molecule has 8 rings (SSSR count). The number of anilines is 3. The summed E-state index contributed by atoms with van der Waals surface area (Å²) in [5.74, 6) is 1.44. The summed E-state index contributed by atoms with van der Waals surface area (Å²) in [5.41, 5.74) is 3.64. The number of carbonyl (C=O) groups excluding carboxylic acids is 1. The fourth-order valence-electron chi connectivity index (χ4n) is 3.84. The predicted octanol–water partition coefficient (Wildman–Crippen LogP) is 5.28. The maximum Gasteiger partial charge on any atom is 0.255 e. The minimum Gasteiger partial charge on any atom is -0.507 e. The molecule has 4 heterocycles. The fourth-order valence-corrected chi connectivity index (χ4v) is 3.84. The number of rotatable bonds is 2. The van der Waals surface area contributed by atoms with Gasteiger partial charge < -0.3 is 25.2 Å². The summed E-state index contributed by atoms with van der Waals surface area (Å²) in [6.45, 7) is 0.307. The molecule has 3 aliphatic heterocycles. The highest BCUT2D eigenvalue weighted by atomic mass is 16.5. The van der Waals surface area contributed by atoms with Crippen LogP contribution in [0.4, 0.5) is 17.3 Å². The smallest absolute Gasteiger partial charge is 0.255 e. The third-order valence-electron chi connectivity index (χ3n) is 5.83. The second kappa shape index (κ2) is 8.64. The predicted molar refractivity (Wildman–Crippen MR) is 131 cm³/mol. The van der Waals surface area contributed by atoms with Crippen molar-refractivity contribution in [3.63, 3.8) is 0 Å². The molecule has 8 nitrogen and oxygen atoms in total. The largest absolute Gasteiger partial charge is 0.507 e. The molecule has 174 valence electrons. The van der Waals surface area contributed by atoms with E-state index in [1.165, 1.54) is 6.07 Å². The van der Waals surface area contributed by atoms with Gasteiger partial charge in [-0.3, -0.25) is 4.79 Å². The minimum absolute atomic E-state index is 0.0483. The molecule has 1 fully saturated rings. The number of aromatic nitrogens is 2. The highest BCUT2D eigenvalue weighted by molar-refractivity contribution is 6.05. The molecule has 0 saturated heterocycles. The van der Waals surface area contributed by atoms with E-state index in [0.717, 1.165) is 29.8 Å². The summed E-state index contributed by atoms with van der Waals surface area (Å²) in [6, 6.07) is 19.4. The Kier molecular flexibility index (Phi) is 5.18. The minimum atomic E-state index is -0.332. The first-order chi connectivity index (χ1) is 17.1. The quantitative estimate of drug-likeness (QED) is 0.369. The van der Waals surface area contributed by atoms with E-state index in [-0.39, 0.29) is 17.8 Å². The molecule has 0 radical (unpaired) electrons. The van der Waals surface area contributed by atoms with Crippen LogP contribution in [0.3, 0.4) is 0 Å². The number of hydrogen-bond acceptors (Lipinski definition) is 7. The number of nitrogens with zero attached hydrogens (tertiary/aromatic N) is 2. The average molecular weight is 466 g/mol. The van der Waals surface area contributed by atoms with Crippen LogP contribution >= 0.6 is 0 Å². The van der Waals surface area contributed by atoms with Crippen LogP contribution in [-0.4, -0.2) is 27.1 Å². The van der Waals surface area contributed by atoms with Gasteiger partial charge in [-0.1, -0.05) is 0 Å². The van der Waals surface area contributed by atoms with Gasteiger partial charge in [-0.05, 0) is 79.6 Å². The number of aromatic hydroxyl groups is 1. The molecule has 0 unspecified atom stereocenters. The molecule has 4 aromatic rings. The summed E-state index contributed by atoms with van der Waals surface area (Å²) >= 11 is 0. The SMILES string of the molecule is O=C1Nc2ccc(cc2)OCc2cc(ccc2OC2CC2)Nc2nccc(n2)-c2ccc1cc2O. The van der Waals surface area contributed by atoms with Crippen molar-refractivity contribution in [2.24, 2.45) is 0 Å². The van der Waals surface area contributed by atoms with E-state index in [1.54, 1.807) is 48.7 Å². The van der Waals surface area contributed by atoms with Gasteiger partial charge in [0.25, 0.3) is 5.91 Å². The standard InChI is InChI=1S/C27H22N4O4/c32-24-14-16-1-9-22(24)23-11-12-28-27(31-23)30-19-4-10-25(35-21-7-8-21)17(13-19)15-34-20-5-2-18(3-6-20)29-26(16)33/h1-6,9-14,21,32H,7-8,15H2,(H,29,33)(H,28,30,31). The third kappa shape index (κ3) is 4.59. The van der Waals surface area contributed by atoms with E-state index in [1.807, 2.05) is 18.2 Å². The molecule has 1 aromatic heterocycles. The molecular formula is C27H22N4O4. The Bertz CT molecular complexity index is 1420. The average Bonchev–Trinajstić information content (AvgIpc) is 3.68. The van der Waals surface area contributed by atoms with E-state index in [2.05, 4.69) is 20.6 Å². The van der Waals surface area contributed by atoms with Crippen LogP contribution in [0.25, 0.3) is 11.3 Å². The van der Waals surface area contributed by atoms with E-state index in [0.29, 0.717) is 40.8 Å². The molecule has 1 amide bonds. The number of amides is 1. The second-order valence-electron chi connectivity index (χ2n) is 8.53. The molecule has 4 aliphatic rings. The number of phenols is 1. The molecular weight excluding hydrogens is 444 g/mol. The van der Waals surface area contributed by atoms with Crippen LogP contribution in [-0.2, 0) is 6.61 Å². The first-order valence-electron chi connectivity index (χ1n) is 11.4. The Hall–Kier alpha value is -4.59. The van der Waals surface area contributed by atoms with Crippen LogP contribution in [0, 0.1) is 0 Å². The Labute approximate surface area is 201 Å². The van der Waals surface area contributed by atoms with E-state index in [9.17, 15) is 9.90 Å². The van der Waals surface area contributed by atoms with Crippen molar-refractivity contribution in [2.45, 2.75) is 25.6 Å². The molecule has 8 bridgehead atoms. The van der Waals surface area contributed by atoms with Crippen molar-refractivity contribution < 1.29 is 19.4 Å². The first-order valence-corrected chi connectivity index (χ1v) is 11.4. The van der Waals surface area contributed by atoms with Gasteiger partial charge in [0.2, 0.25) is 5.95 Å². The van der Waals surface area contributed by atoms with Gasteiger partial charge >= 0.3 is 0 Å². The Morgan fingerprint density at radius 1 is 0.943 bits per heavy atom. The number of fused-ring (bicyclic) bond motifs is 2. The topological polar surface area (TPSA) is 106 Å². The van der Waals surface area contributed by atoms with Gasteiger partial charge in [0.1, 0.15) is 23.9 Å². The number of benzene rings is 3. The molecule has 0 spiro atoms. The number of phenolic OH excluding ortho intramolecular Hbond substituents is 1. The van der Waals surface area contributed by atoms with Crippen molar-refractivity contribution in [2.75, 3.05) is 10.6 Å². The lowest BCUT2D eigenvalue weighted by molar-refractivity contribution is 0.102. The van der Waals surface area contributed by atoms with Gasteiger partial charge in [-0.2, -0.15) is 0 Å². The maximum absolute atomic E-state index is 12.7. The number of nitrogens with one attached hydrogen (secondary N) is 2. The van der Waals surface area contributed by atoms with Crippen molar-refractivity contribution in [1.29, 1.82) is 0 Å². The van der Waals surface area contributed by atoms with E-state index in [4.69, 9.17) is 9.47 Å². The fraction of sp³-hybridized carbons (Fsp3) is 0.148. The lowest BCUT2D eigenvalue weighted by atomic mass is 10.1. The molecule has 3 N–H and O–H groups in total. The van der Waals surface area contributed by atoms with Gasteiger partial charge in [-0.15, -0.1) is 0 Å². The summed E-state index contributed by atoms with van der Waals surface area (Å²) in [4.78, 5) is 21.6. The van der Waals surface area contributed by atoms with Crippen LogP contribution in [0.1, 0.15) is 28.8 Å². The van der Waals surface area contributed by atoms with Crippen LogP contribution < -0.4 is 20.1 Å². The summed E-state index contributed by atoms with van der Waals surface area (Å²) in [5, 5.41) is 16.7. The van der Waals surface area contributed by atoms with Crippen molar-refractivity contribution in [3.8, 4) is 28.5 Å². The normalized spacial score (nSPS) is 14.7. The monoisotopic (exact) mass is 466 g/mol. The molecule has 1 aliphatic carbocycles. The van der Waals surface area contributed by atoms with Crippen molar-refractivity contribution in [3.05, 3.63) is 84.1 Å². The van der Waals surface area contributed by atoms with Crippen molar-refractivity contribution in [1.82, 2.24) is 9.97 Å². The Morgan fingerprint density at radius 2 is 1.77 bits per heavy atom. The van der Waals surface area contributed by atoms with Gasteiger partial charge in [0, 0.05) is 34.3 Å². The lowest BCUT2D eigenvalue weighted by Crippen LogP contribution is -2.11.